The van der Waals surface area contributed by atoms with E-state index in [2.05, 4.69) is 25.6 Å². The summed E-state index contributed by atoms with van der Waals surface area (Å²) in [6.07, 6.45) is 3.62. The van der Waals surface area contributed by atoms with Crippen LogP contribution in [0.15, 0.2) is 17.5 Å². The second-order valence-electron chi connectivity index (χ2n) is 5.79. The molecule has 0 fully saturated rings. The van der Waals surface area contributed by atoms with Crippen LogP contribution in [0.3, 0.4) is 0 Å². The average Bonchev–Trinajstić information content (AvgIpc) is 3.09. The summed E-state index contributed by atoms with van der Waals surface area (Å²) in [6, 6.07) is -2.11. The second-order valence-corrected chi connectivity index (χ2v) is 5.79. The number of rotatable bonds is 12. The molecular weight excluding hydrogens is 356 g/mol. The number of carboxylic acid groups (broad SMARTS) is 1. The number of hydrogen-bond donors (Lipinski definition) is 7. The molecule has 0 aromatic carbocycles. The maximum atomic E-state index is 12.5. The van der Waals surface area contributed by atoms with Gasteiger partial charge in [-0.1, -0.05) is 0 Å². The van der Waals surface area contributed by atoms with E-state index in [0.717, 1.165) is 0 Å². The maximum absolute atomic E-state index is 12.5. The van der Waals surface area contributed by atoms with Crippen LogP contribution >= 0.6 is 0 Å². The second kappa shape index (κ2) is 11.5. The van der Waals surface area contributed by atoms with Crippen molar-refractivity contribution in [2.75, 3.05) is 13.1 Å². The minimum atomic E-state index is -1.19. The summed E-state index contributed by atoms with van der Waals surface area (Å²) in [4.78, 5) is 46.2. The average molecular weight is 382 g/mol. The molecule has 2 amide bonds. The largest absolute Gasteiger partial charge is 0.480 e. The molecule has 2 atom stereocenters. The molecular formula is C15H26N8O4. The van der Waals surface area contributed by atoms with Crippen LogP contribution < -0.4 is 27.8 Å². The van der Waals surface area contributed by atoms with E-state index in [0.29, 0.717) is 12.1 Å². The van der Waals surface area contributed by atoms with E-state index in [1.165, 1.54) is 12.5 Å². The van der Waals surface area contributed by atoms with E-state index in [1.807, 2.05) is 0 Å². The topological polar surface area (TPSA) is 215 Å². The summed E-state index contributed by atoms with van der Waals surface area (Å²) in [6.45, 7) is 0.375. The highest BCUT2D eigenvalue weighted by Gasteiger charge is 2.26. The lowest BCUT2D eigenvalue weighted by Crippen LogP contribution is -2.52. The molecule has 1 rings (SSSR count). The van der Waals surface area contributed by atoms with E-state index in [1.54, 1.807) is 0 Å². The van der Waals surface area contributed by atoms with Crippen LogP contribution in [0.25, 0.3) is 0 Å². The van der Waals surface area contributed by atoms with Gasteiger partial charge in [0.1, 0.15) is 12.1 Å². The number of nitrogens with one attached hydrogen (secondary N) is 3. The number of aliphatic imine (C=N–C) groups is 1. The third-order valence-corrected chi connectivity index (χ3v) is 3.56. The molecule has 0 saturated carbocycles. The van der Waals surface area contributed by atoms with Crippen molar-refractivity contribution in [2.45, 2.75) is 37.8 Å². The number of H-pyrrole nitrogens is 1. The Balaban J connectivity index is 2.73. The normalized spacial score (nSPS) is 12.6. The van der Waals surface area contributed by atoms with E-state index in [4.69, 9.17) is 17.2 Å². The molecule has 1 aromatic rings. The zero-order valence-electron chi connectivity index (χ0n) is 14.9. The quantitative estimate of drug-likeness (QED) is 0.115. The first-order valence-electron chi connectivity index (χ1n) is 8.38. The summed E-state index contributed by atoms with van der Waals surface area (Å²) in [7, 11) is 0. The molecule has 0 aliphatic carbocycles. The van der Waals surface area contributed by atoms with Crippen molar-refractivity contribution in [2.24, 2.45) is 22.2 Å². The van der Waals surface area contributed by atoms with E-state index >= 15 is 0 Å². The first kappa shape index (κ1) is 21.9. The zero-order valence-corrected chi connectivity index (χ0v) is 14.9. The van der Waals surface area contributed by atoms with Gasteiger partial charge in [0.2, 0.25) is 11.8 Å². The number of carbonyl (C=O) groups excluding carboxylic acids is 2. The maximum Gasteiger partial charge on any atom is 0.326 e. The molecule has 0 bridgehead atoms. The Morgan fingerprint density at radius 3 is 2.56 bits per heavy atom. The molecule has 0 radical (unpaired) electrons. The van der Waals surface area contributed by atoms with Gasteiger partial charge in [0, 0.05) is 37.8 Å². The van der Waals surface area contributed by atoms with Crippen molar-refractivity contribution >= 4 is 23.7 Å². The molecule has 12 heteroatoms. The van der Waals surface area contributed by atoms with Gasteiger partial charge in [-0.25, -0.2) is 9.78 Å². The summed E-state index contributed by atoms with van der Waals surface area (Å²) < 4.78 is 0. The number of carboxylic acids is 1. The van der Waals surface area contributed by atoms with Crippen molar-refractivity contribution in [3.8, 4) is 0 Å². The van der Waals surface area contributed by atoms with Gasteiger partial charge in [-0.15, -0.1) is 0 Å². The first-order chi connectivity index (χ1) is 12.8. The molecule has 1 heterocycles. The number of carbonyl (C=O) groups is 3. The Morgan fingerprint density at radius 1 is 1.26 bits per heavy atom. The van der Waals surface area contributed by atoms with Crippen LogP contribution in [-0.4, -0.2) is 64.0 Å². The lowest BCUT2D eigenvalue weighted by atomic mass is 10.1. The van der Waals surface area contributed by atoms with Crippen molar-refractivity contribution in [1.29, 1.82) is 0 Å². The summed E-state index contributed by atoms with van der Waals surface area (Å²) in [5.41, 5.74) is 16.4. The van der Waals surface area contributed by atoms with Crippen LogP contribution in [0.5, 0.6) is 0 Å². The molecule has 0 spiro atoms. The van der Waals surface area contributed by atoms with Gasteiger partial charge >= 0.3 is 5.97 Å². The highest BCUT2D eigenvalue weighted by atomic mass is 16.4. The van der Waals surface area contributed by atoms with E-state index in [9.17, 15) is 19.5 Å². The van der Waals surface area contributed by atoms with Gasteiger partial charge < -0.3 is 37.9 Å². The van der Waals surface area contributed by atoms with Crippen LogP contribution in [0, 0.1) is 0 Å². The molecule has 27 heavy (non-hydrogen) atoms. The molecule has 0 unspecified atom stereocenters. The minimum absolute atomic E-state index is 0.0492. The zero-order chi connectivity index (χ0) is 20.2. The highest BCUT2D eigenvalue weighted by molar-refractivity contribution is 5.90. The van der Waals surface area contributed by atoms with Crippen molar-refractivity contribution < 1.29 is 19.5 Å². The molecule has 150 valence electrons. The SMILES string of the molecule is NCCC(=O)N[C@@H](Cc1cnc[nH]1)C(=O)N[C@@H](CCCN=C(N)N)C(=O)O. The minimum Gasteiger partial charge on any atom is -0.480 e. The molecule has 10 N–H and O–H groups in total. The van der Waals surface area contributed by atoms with Crippen LogP contribution in [-0.2, 0) is 20.8 Å². The Morgan fingerprint density at radius 2 is 2.00 bits per heavy atom. The number of amides is 2. The third kappa shape index (κ3) is 8.67. The Hall–Kier alpha value is -3.15. The van der Waals surface area contributed by atoms with Crippen molar-refractivity contribution in [3.63, 3.8) is 0 Å². The van der Waals surface area contributed by atoms with Gasteiger partial charge in [0.15, 0.2) is 5.96 Å². The lowest BCUT2D eigenvalue weighted by Gasteiger charge is -2.21. The summed E-state index contributed by atoms with van der Waals surface area (Å²) in [5, 5.41) is 14.3. The van der Waals surface area contributed by atoms with Crippen LogP contribution in [0.4, 0.5) is 0 Å². The predicted molar refractivity (Wildman–Crippen MR) is 97.4 cm³/mol. The fourth-order valence-electron chi connectivity index (χ4n) is 2.26. The molecule has 1 aromatic heterocycles. The third-order valence-electron chi connectivity index (χ3n) is 3.56. The van der Waals surface area contributed by atoms with Gasteiger partial charge in [-0.05, 0) is 12.8 Å². The van der Waals surface area contributed by atoms with Crippen LogP contribution in [0.1, 0.15) is 25.0 Å². The number of hydrogen-bond acceptors (Lipinski definition) is 6. The fourth-order valence-corrected chi connectivity index (χ4v) is 2.26. The lowest BCUT2D eigenvalue weighted by molar-refractivity contribution is -0.142. The number of aromatic nitrogens is 2. The number of nitrogens with zero attached hydrogens (tertiary/aromatic N) is 2. The molecule has 0 aliphatic heterocycles. The highest BCUT2D eigenvalue weighted by Crippen LogP contribution is 2.03. The molecule has 12 nitrogen and oxygen atoms in total. The number of aliphatic carboxylic acids is 1. The van der Waals surface area contributed by atoms with E-state index < -0.39 is 29.9 Å². The number of imidazole rings is 1. The van der Waals surface area contributed by atoms with Crippen molar-refractivity contribution in [1.82, 2.24) is 20.6 Å². The number of aromatic amines is 1. The smallest absolute Gasteiger partial charge is 0.326 e. The van der Waals surface area contributed by atoms with Crippen LogP contribution in [0.2, 0.25) is 0 Å². The predicted octanol–water partition coefficient (Wildman–Crippen LogP) is -2.59. The Kier molecular flexibility index (Phi) is 9.29. The summed E-state index contributed by atoms with van der Waals surface area (Å²) in [5.74, 6) is -2.31. The number of nitrogens with two attached hydrogens (primary N) is 3. The van der Waals surface area contributed by atoms with Gasteiger partial charge in [-0.3, -0.25) is 14.6 Å². The number of guanidine groups is 1. The first-order valence-corrected chi connectivity index (χ1v) is 8.38. The van der Waals surface area contributed by atoms with E-state index in [-0.39, 0.29) is 38.3 Å². The molecule has 0 saturated heterocycles. The fraction of sp³-hybridized carbons (Fsp3) is 0.533. The van der Waals surface area contributed by atoms with Crippen molar-refractivity contribution in [3.05, 3.63) is 18.2 Å². The Labute approximate surface area is 156 Å². The van der Waals surface area contributed by atoms with Gasteiger partial charge in [-0.2, -0.15) is 0 Å². The van der Waals surface area contributed by atoms with Gasteiger partial charge in [0.05, 0.1) is 6.33 Å². The summed E-state index contributed by atoms with van der Waals surface area (Å²) >= 11 is 0. The standard InChI is InChI=1S/C15H26N8O4/c16-4-3-12(24)22-11(6-9-7-19-8-21-9)13(25)23-10(14(26)27)2-1-5-20-15(17)18/h7-8,10-11H,1-6,16H2,(H,19,21)(H,22,24)(H,23,25)(H,26,27)(H4,17,18,20)/t10-,11-/m0/s1. The monoisotopic (exact) mass is 382 g/mol. The Bertz CT molecular complexity index is 642. The van der Waals surface area contributed by atoms with Gasteiger partial charge in [0.25, 0.3) is 0 Å². The molecule has 0 aliphatic rings.